The number of amides is 1. The van der Waals surface area contributed by atoms with Crippen molar-refractivity contribution in [3.05, 3.63) is 71.7 Å². The van der Waals surface area contributed by atoms with Crippen molar-refractivity contribution >= 4 is 28.4 Å². The van der Waals surface area contributed by atoms with Gasteiger partial charge >= 0.3 is 0 Å². The number of carbonyl (C=O) groups is 1. The Hall–Kier alpha value is -3.85. The molecular weight excluding hydrogens is 450 g/mol. The van der Waals surface area contributed by atoms with E-state index in [1.807, 2.05) is 32.4 Å². The largest absolute Gasteiger partial charge is 0.383 e. The second kappa shape index (κ2) is 9.07. The Morgan fingerprint density at radius 3 is 2.77 bits per heavy atom. The normalized spacial score (nSPS) is 13.1. The van der Waals surface area contributed by atoms with Gasteiger partial charge in [0.05, 0.1) is 11.8 Å². The molecule has 3 heterocycles. The van der Waals surface area contributed by atoms with Gasteiger partial charge in [0, 0.05) is 42.6 Å². The fraction of sp³-hybridized carbons (Fsp3) is 0.269. The summed E-state index contributed by atoms with van der Waals surface area (Å²) in [6.07, 6.45) is 4.00. The molecule has 9 heteroatoms. The number of rotatable bonds is 6. The van der Waals surface area contributed by atoms with Crippen LogP contribution >= 0.6 is 0 Å². The third-order valence-corrected chi connectivity index (χ3v) is 6.41. The van der Waals surface area contributed by atoms with Gasteiger partial charge in [-0.3, -0.25) is 4.79 Å². The van der Waals surface area contributed by atoms with E-state index in [9.17, 15) is 13.6 Å². The molecule has 4 aromatic rings. The van der Waals surface area contributed by atoms with E-state index < -0.39 is 11.6 Å². The Morgan fingerprint density at radius 1 is 1.14 bits per heavy atom. The van der Waals surface area contributed by atoms with Crippen molar-refractivity contribution < 1.29 is 13.6 Å². The first-order valence-electron chi connectivity index (χ1n) is 11.4. The molecule has 7 nitrogen and oxygen atoms in total. The van der Waals surface area contributed by atoms with Gasteiger partial charge in [0.15, 0.2) is 0 Å². The zero-order chi connectivity index (χ0) is 24.7. The molecular formula is C26H26F2N6O. The number of nitrogen functional groups attached to an aromatic ring is 1. The molecule has 0 spiro atoms. The minimum Gasteiger partial charge on any atom is -0.383 e. The van der Waals surface area contributed by atoms with Crippen molar-refractivity contribution in [1.29, 1.82) is 0 Å². The van der Waals surface area contributed by atoms with Crippen LogP contribution in [0.5, 0.6) is 0 Å². The molecule has 0 atom stereocenters. The van der Waals surface area contributed by atoms with Crippen molar-refractivity contribution in [2.24, 2.45) is 0 Å². The van der Waals surface area contributed by atoms with Gasteiger partial charge in [-0.05, 0) is 62.0 Å². The predicted molar refractivity (Wildman–Crippen MR) is 132 cm³/mol. The second-order valence-electron chi connectivity index (χ2n) is 9.05. The number of likely N-dealkylation sites (N-methyl/N-ethyl adjacent to an activating group) is 1. The maximum Gasteiger partial charge on any atom is 0.231 e. The monoisotopic (exact) mass is 476 g/mol. The summed E-state index contributed by atoms with van der Waals surface area (Å²) in [6, 6.07) is 9.08. The number of benzene rings is 2. The minimum absolute atomic E-state index is 0.0566. The number of carbonyl (C=O) groups excluding carboxylic acids is 1. The second-order valence-corrected chi connectivity index (χ2v) is 9.05. The first kappa shape index (κ1) is 22.9. The minimum atomic E-state index is -0.583. The maximum atomic E-state index is 14.1. The summed E-state index contributed by atoms with van der Waals surface area (Å²) in [5.41, 5.74) is 10.8. The average molecular weight is 477 g/mol. The van der Waals surface area contributed by atoms with Gasteiger partial charge in [0.2, 0.25) is 5.91 Å². The number of aromatic nitrogens is 3. The Balaban J connectivity index is 1.46. The quantitative estimate of drug-likeness (QED) is 0.460. The summed E-state index contributed by atoms with van der Waals surface area (Å²) in [6.45, 7) is 2.09. The van der Waals surface area contributed by atoms with E-state index in [1.54, 1.807) is 4.90 Å². The van der Waals surface area contributed by atoms with Crippen LogP contribution in [0.25, 0.3) is 22.2 Å². The summed E-state index contributed by atoms with van der Waals surface area (Å²) >= 11 is 0. The fourth-order valence-electron chi connectivity index (χ4n) is 4.61. The molecule has 5 rings (SSSR count). The standard InChI is InChI=1S/C26H26F2N6O/c1-32(2)9-10-33-14-20(24-25(29)30-15-31-26(24)33)16-3-6-22-17(11-16)7-8-34(22)23(35)13-18-12-19(27)4-5-21(18)28/h3-6,11-12,14-15H,7-10,13H2,1-2H3,(H2,29,30,31). The summed E-state index contributed by atoms with van der Waals surface area (Å²) in [7, 11) is 4.04. The van der Waals surface area contributed by atoms with E-state index in [2.05, 4.69) is 25.5 Å². The first-order chi connectivity index (χ1) is 16.8. The Kier molecular flexibility index (Phi) is 5.94. The van der Waals surface area contributed by atoms with Crippen LogP contribution in [0.4, 0.5) is 20.3 Å². The topological polar surface area (TPSA) is 80.3 Å². The summed E-state index contributed by atoms with van der Waals surface area (Å²) in [5, 5.41) is 0.804. The van der Waals surface area contributed by atoms with Crippen molar-refractivity contribution in [3.63, 3.8) is 0 Å². The molecule has 0 bridgehead atoms. The lowest BCUT2D eigenvalue weighted by atomic mass is 10.0. The number of anilines is 2. The van der Waals surface area contributed by atoms with Crippen molar-refractivity contribution in [1.82, 2.24) is 19.4 Å². The highest BCUT2D eigenvalue weighted by atomic mass is 19.1. The molecule has 180 valence electrons. The number of hydrogen-bond acceptors (Lipinski definition) is 5. The molecule has 1 amide bonds. The van der Waals surface area contributed by atoms with Gasteiger partial charge in [-0.25, -0.2) is 18.7 Å². The number of halogens is 2. The Morgan fingerprint density at radius 2 is 1.97 bits per heavy atom. The van der Waals surface area contributed by atoms with E-state index in [-0.39, 0.29) is 17.9 Å². The highest BCUT2D eigenvalue weighted by molar-refractivity contribution is 6.02. The van der Waals surface area contributed by atoms with E-state index in [4.69, 9.17) is 5.73 Å². The summed E-state index contributed by atoms with van der Waals surface area (Å²) in [5.74, 6) is -0.990. The van der Waals surface area contributed by atoms with Gasteiger partial charge in [-0.15, -0.1) is 0 Å². The molecule has 0 radical (unpaired) electrons. The van der Waals surface area contributed by atoms with E-state index in [1.165, 1.54) is 6.33 Å². The van der Waals surface area contributed by atoms with Gasteiger partial charge in [-0.2, -0.15) is 0 Å². The molecule has 2 N–H and O–H groups in total. The SMILES string of the molecule is CN(C)CCn1cc(-c2ccc3c(c2)CCN3C(=O)Cc2cc(F)ccc2F)c2c(N)ncnc21. The molecule has 0 fully saturated rings. The summed E-state index contributed by atoms with van der Waals surface area (Å²) < 4.78 is 29.7. The first-order valence-corrected chi connectivity index (χ1v) is 11.4. The Labute approximate surface area is 201 Å². The number of nitrogens with zero attached hydrogens (tertiary/aromatic N) is 5. The van der Waals surface area contributed by atoms with Crippen molar-refractivity contribution in [3.8, 4) is 11.1 Å². The van der Waals surface area contributed by atoms with E-state index in [0.29, 0.717) is 18.8 Å². The molecule has 1 aliphatic rings. The van der Waals surface area contributed by atoms with Gasteiger partial charge in [0.25, 0.3) is 0 Å². The van der Waals surface area contributed by atoms with Crippen LogP contribution in [-0.4, -0.2) is 52.5 Å². The van der Waals surface area contributed by atoms with E-state index in [0.717, 1.165) is 64.7 Å². The highest BCUT2D eigenvalue weighted by Crippen LogP contribution is 2.37. The van der Waals surface area contributed by atoms with Gasteiger partial charge in [-0.1, -0.05) is 6.07 Å². The molecule has 0 saturated carbocycles. The zero-order valence-corrected chi connectivity index (χ0v) is 19.6. The number of nitrogens with two attached hydrogens (primary N) is 1. The Bertz CT molecular complexity index is 1430. The molecule has 0 unspecified atom stereocenters. The number of fused-ring (bicyclic) bond motifs is 2. The van der Waals surface area contributed by atoms with Crippen LogP contribution in [0.2, 0.25) is 0 Å². The lowest BCUT2D eigenvalue weighted by molar-refractivity contribution is -0.117. The van der Waals surface area contributed by atoms with Crippen LogP contribution in [0, 0.1) is 11.6 Å². The molecule has 35 heavy (non-hydrogen) atoms. The zero-order valence-electron chi connectivity index (χ0n) is 19.6. The average Bonchev–Trinajstić information content (AvgIpc) is 3.42. The third-order valence-electron chi connectivity index (χ3n) is 6.41. The number of hydrogen-bond donors (Lipinski definition) is 1. The van der Waals surface area contributed by atoms with Gasteiger partial charge in [0.1, 0.15) is 29.4 Å². The molecule has 2 aromatic heterocycles. The van der Waals surface area contributed by atoms with Crippen molar-refractivity contribution in [2.75, 3.05) is 37.8 Å². The van der Waals surface area contributed by atoms with Crippen LogP contribution in [-0.2, 0) is 24.2 Å². The molecule has 0 saturated heterocycles. The summed E-state index contributed by atoms with van der Waals surface area (Å²) in [4.78, 5) is 25.4. The molecule has 1 aliphatic heterocycles. The van der Waals surface area contributed by atoms with E-state index >= 15 is 0 Å². The fourth-order valence-corrected chi connectivity index (χ4v) is 4.61. The lowest BCUT2D eigenvalue weighted by Gasteiger charge is -2.18. The molecule has 0 aliphatic carbocycles. The van der Waals surface area contributed by atoms with Crippen LogP contribution in [0.1, 0.15) is 11.1 Å². The third kappa shape index (κ3) is 4.35. The van der Waals surface area contributed by atoms with Crippen molar-refractivity contribution in [2.45, 2.75) is 19.4 Å². The molecule has 2 aromatic carbocycles. The van der Waals surface area contributed by atoms with Crippen LogP contribution in [0.3, 0.4) is 0 Å². The lowest BCUT2D eigenvalue weighted by Crippen LogP contribution is -2.30. The van der Waals surface area contributed by atoms with Gasteiger partial charge < -0.3 is 20.1 Å². The van der Waals surface area contributed by atoms with Crippen LogP contribution in [0.15, 0.2) is 48.9 Å². The smallest absolute Gasteiger partial charge is 0.231 e. The van der Waals surface area contributed by atoms with Crippen LogP contribution < -0.4 is 10.6 Å². The highest BCUT2D eigenvalue weighted by Gasteiger charge is 2.26. The maximum absolute atomic E-state index is 14.1. The predicted octanol–water partition coefficient (Wildman–Crippen LogP) is 3.65.